The molecule has 0 amide bonds. The van der Waals surface area contributed by atoms with Crippen LogP contribution in [0.1, 0.15) is 6.42 Å². The van der Waals surface area contributed by atoms with Gasteiger partial charge in [0.15, 0.2) is 0 Å². The topological polar surface area (TPSA) is 67.5 Å². The van der Waals surface area contributed by atoms with E-state index in [1.54, 1.807) is 6.33 Å². The second kappa shape index (κ2) is 6.51. The number of nitrogens with two attached hydrogens (primary N) is 1. The number of morpholine rings is 1. The normalized spacial score (nSPS) is 15.8. The molecule has 0 spiro atoms. The number of hydrogen-bond donors (Lipinski definition) is 1. The van der Waals surface area contributed by atoms with E-state index in [4.69, 9.17) is 10.5 Å². The Balaban J connectivity index is 2.04. The Morgan fingerprint density at radius 1 is 1.39 bits per heavy atom. The van der Waals surface area contributed by atoms with Crippen LogP contribution in [0.4, 0.5) is 11.6 Å². The molecule has 18 heavy (non-hydrogen) atoms. The first-order valence-corrected chi connectivity index (χ1v) is 6.37. The van der Waals surface area contributed by atoms with Crippen LogP contribution in [-0.4, -0.2) is 56.4 Å². The Bertz CT molecular complexity index is 367. The summed E-state index contributed by atoms with van der Waals surface area (Å²) < 4.78 is 5.34. The van der Waals surface area contributed by atoms with Crippen molar-refractivity contribution in [2.75, 3.05) is 56.2 Å². The summed E-state index contributed by atoms with van der Waals surface area (Å²) in [6, 6.07) is 2.03. The zero-order valence-corrected chi connectivity index (χ0v) is 10.9. The summed E-state index contributed by atoms with van der Waals surface area (Å²) in [5.41, 5.74) is 5.52. The van der Waals surface area contributed by atoms with E-state index in [9.17, 15) is 0 Å². The van der Waals surface area contributed by atoms with E-state index in [0.29, 0.717) is 6.54 Å². The Hall–Kier alpha value is -1.40. The van der Waals surface area contributed by atoms with Gasteiger partial charge in [-0.05, 0) is 13.0 Å². The number of anilines is 2. The van der Waals surface area contributed by atoms with Crippen molar-refractivity contribution >= 4 is 11.6 Å². The highest BCUT2D eigenvalue weighted by Gasteiger charge is 2.13. The molecule has 0 aliphatic carbocycles. The lowest BCUT2D eigenvalue weighted by atomic mass is 10.3. The number of rotatable bonds is 5. The Morgan fingerprint density at radius 3 is 2.89 bits per heavy atom. The highest BCUT2D eigenvalue weighted by atomic mass is 16.5. The minimum Gasteiger partial charge on any atom is -0.378 e. The minimum absolute atomic E-state index is 0.700. The molecule has 0 saturated carbocycles. The van der Waals surface area contributed by atoms with E-state index in [-0.39, 0.29) is 0 Å². The Morgan fingerprint density at radius 2 is 2.17 bits per heavy atom. The molecule has 1 aliphatic heterocycles. The first-order valence-electron chi connectivity index (χ1n) is 6.37. The van der Waals surface area contributed by atoms with Crippen LogP contribution in [0.3, 0.4) is 0 Å². The molecule has 0 bridgehead atoms. The molecule has 0 aromatic carbocycles. The largest absolute Gasteiger partial charge is 0.378 e. The van der Waals surface area contributed by atoms with Gasteiger partial charge in [0.25, 0.3) is 0 Å². The zero-order chi connectivity index (χ0) is 12.8. The average Bonchev–Trinajstić information content (AvgIpc) is 2.46. The predicted octanol–water partition coefficient (Wildman–Crippen LogP) is 0.0982. The number of ether oxygens (including phenoxy) is 1. The average molecular weight is 251 g/mol. The lowest BCUT2D eigenvalue weighted by Crippen LogP contribution is -2.37. The van der Waals surface area contributed by atoms with E-state index < -0.39 is 0 Å². The molecule has 0 radical (unpaired) electrons. The molecule has 6 nitrogen and oxygen atoms in total. The van der Waals surface area contributed by atoms with Crippen molar-refractivity contribution < 1.29 is 4.74 Å². The fourth-order valence-electron chi connectivity index (χ4n) is 1.95. The third kappa shape index (κ3) is 3.30. The van der Waals surface area contributed by atoms with Crippen molar-refractivity contribution in [2.24, 2.45) is 5.73 Å². The maximum Gasteiger partial charge on any atom is 0.134 e. The van der Waals surface area contributed by atoms with Crippen LogP contribution in [0, 0.1) is 0 Å². The van der Waals surface area contributed by atoms with Crippen molar-refractivity contribution in [1.82, 2.24) is 9.97 Å². The van der Waals surface area contributed by atoms with Gasteiger partial charge in [-0.3, -0.25) is 0 Å². The molecule has 1 aromatic rings. The quantitative estimate of drug-likeness (QED) is 0.800. The monoisotopic (exact) mass is 251 g/mol. The number of nitrogens with zero attached hydrogens (tertiary/aromatic N) is 4. The highest BCUT2D eigenvalue weighted by molar-refractivity contribution is 5.49. The van der Waals surface area contributed by atoms with Gasteiger partial charge in [0.1, 0.15) is 18.0 Å². The Kier molecular flexibility index (Phi) is 4.72. The molecule has 2 rings (SSSR count). The van der Waals surface area contributed by atoms with Crippen molar-refractivity contribution in [3.63, 3.8) is 0 Å². The molecular weight excluding hydrogens is 230 g/mol. The molecule has 2 heterocycles. The summed E-state index contributed by atoms with van der Waals surface area (Å²) in [5.74, 6) is 1.92. The van der Waals surface area contributed by atoms with Crippen molar-refractivity contribution in [3.05, 3.63) is 12.4 Å². The smallest absolute Gasteiger partial charge is 0.134 e. The first kappa shape index (κ1) is 13.0. The molecule has 1 aliphatic rings. The van der Waals surface area contributed by atoms with Gasteiger partial charge in [-0.15, -0.1) is 0 Å². The van der Waals surface area contributed by atoms with E-state index in [0.717, 1.165) is 50.9 Å². The molecule has 6 heteroatoms. The molecule has 2 N–H and O–H groups in total. The lowest BCUT2D eigenvalue weighted by Gasteiger charge is -2.28. The van der Waals surface area contributed by atoms with Crippen LogP contribution in [0.5, 0.6) is 0 Å². The summed E-state index contributed by atoms with van der Waals surface area (Å²) >= 11 is 0. The van der Waals surface area contributed by atoms with E-state index >= 15 is 0 Å². The van der Waals surface area contributed by atoms with E-state index in [2.05, 4.69) is 19.8 Å². The van der Waals surface area contributed by atoms with Gasteiger partial charge in [0, 0.05) is 32.7 Å². The van der Waals surface area contributed by atoms with Crippen molar-refractivity contribution in [2.45, 2.75) is 6.42 Å². The molecule has 1 saturated heterocycles. The van der Waals surface area contributed by atoms with Crippen LogP contribution >= 0.6 is 0 Å². The summed E-state index contributed by atoms with van der Waals surface area (Å²) in [7, 11) is 2.03. The van der Waals surface area contributed by atoms with E-state index in [1.165, 1.54) is 0 Å². The highest BCUT2D eigenvalue weighted by Crippen LogP contribution is 2.17. The van der Waals surface area contributed by atoms with Gasteiger partial charge >= 0.3 is 0 Å². The van der Waals surface area contributed by atoms with Crippen LogP contribution in [0.2, 0.25) is 0 Å². The van der Waals surface area contributed by atoms with Crippen LogP contribution in [0.15, 0.2) is 12.4 Å². The number of aromatic nitrogens is 2. The SMILES string of the molecule is CN(CCCN)c1cc(N2CCOCC2)ncn1. The molecule has 0 atom stereocenters. The third-order valence-corrected chi connectivity index (χ3v) is 3.06. The van der Waals surface area contributed by atoms with Crippen molar-refractivity contribution in [3.8, 4) is 0 Å². The first-order chi connectivity index (χ1) is 8.81. The summed E-state index contributed by atoms with van der Waals surface area (Å²) in [6.45, 7) is 4.93. The third-order valence-electron chi connectivity index (χ3n) is 3.06. The van der Waals surface area contributed by atoms with Crippen LogP contribution in [-0.2, 0) is 4.74 Å². The lowest BCUT2D eigenvalue weighted by molar-refractivity contribution is 0.122. The van der Waals surface area contributed by atoms with Crippen LogP contribution in [0.25, 0.3) is 0 Å². The molecule has 100 valence electrons. The maximum absolute atomic E-state index is 5.52. The standard InChI is InChI=1S/C12H21N5O/c1-16(4-2-3-13)11-9-12(15-10-14-11)17-5-7-18-8-6-17/h9-10H,2-8,13H2,1H3. The zero-order valence-electron chi connectivity index (χ0n) is 10.9. The minimum atomic E-state index is 0.700. The molecule has 0 unspecified atom stereocenters. The number of hydrogen-bond acceptors (Lipinski definition) is 6. The summed E-state index contributed by atoms with van der Waals surface area (Å²) in [5, 5.41) is 0. The fraction of sp³-hybridized carbons (Fsp3) is 0.667. The maximum atomic E-state index is 5.52. The van der Waals surface area contributed by atoms with Gasteiger partial charge in [-0.25, -0.2) is 9.97 Å². The second-order valence-corrected chi connectivity index (χ2v) is 4.40. The van der Waals surface area contributed by atoms with Gasteiger partial charge < -0.3 is 20.3 Å². The molecular formula is C12H21N5O. The van der Waals surface area contributed by atoms with Gasteiger partial charge in [0.2, 0.25) is 0 Å². The molecule has 1 aromatic heterocycles. The van der Waals surface area contributed by atoms with Gasteiger partial charge in [-0.2, -0.15) is 0 Å². The van der Waals surface area contributed by atoms with Crippen molar-refractivity contribution in [1.29, 1.82) is 0 Å². The van der Waals surface area contributed by atoms with E-state index in [1.807, 2.05) is 13.1 Å². The summed E-state index contributed by atoms with van der Waals surface area (Å²) in [6.07, 6.45) is 2.59. The molecule has 1 fully saturated rings. The van der Waals surface area contributed by atoms with Crippen LogP contribution < -0.4 is 15.5 Å². The Labute approximate surface area is 108 Å². The fourth-order valence-corrected chi connectivity index (χ4v) is 1.95. The predicted molar refractivity (Wildman–Crippen MR) is 72.0 cm³/mol. The van der Waals surface area contributed by atoms with Gasteiger partial charge in [0.05, 0.1) is 13.2 Å². The summed E-state index contributed by atoms with van der Waals surface area (Å²) in [4.78, 5) is 13.0. The van der Waals surface area contributed by atoms with Gasteiger partial charge in [-0.1, -0.05) is 0 Å². The second-order valence-electron chi connectivity index (χ2n) is 4.40.